The first-order valence-electron chi connectivity index (χ1n) is 8.82. The van der Waals surface area contributed by atoms with E-state index in [-0.39, 0.29) is 11.5 Å². The smallest absolute Gasteiger partial charge is 0.353 e. The van der Waals surface area contributed by atoms with Crippen molar-refractivity contribution in [2.24, 2.45) is 0 Å². The second kappa shape index (κ2) is 8.57. The highest BCUT2D eigenvalue weighted by Gasteiger charge is 2.27. The van der Waals surface area contributed by atoms with Crippen molar-refractivity contribution in [3.8, 4) is 0 Å². The summed E-state index contributed by atoms with van der Waals surface area (Å²) in [4.78, 5) is 21.3. The number of nitrogens with zero attached hydrogens (tertiary/aromatic N) is 4. The van der Waals surface area contributed by atoms with Gasteiger partial charge < -0.3 is 15.0 Å². The third-order valence-electron chi connectivity index (χ3n) is 4.43. The average Bonchev–Trinajstić information content (AvgIpc) is 2.69. The van der Waals surface area contributed by atoms with Gasteiger partial charge in [-0.15, -0.1) is 0 Å². The number of anilines is 2. The number of aryl methyl sites for hydroxylation is 1. The zero-order valence-electron chi connectivity index (χ0n) is 14.9. The van der Waals surface area contributed by atoms with Gasteiger partial charge in [-0.1, -0.05) is 31.2 Å². The molecule has 0 bridgehead atoms. The molecule has 0 unspecified atom stereocenters. The van der Waals surface area contributed by atoms with E-state index < -0.39 is 4.92 Å². The van der Waals surface area contributed by atoms with Gasteiger partial charge in [-0.25, -0.2) is 9.97 Å². The minimum atomic E-state index is -0.414. The largest absolute Gasteiger partial charge is 0.378 e. The van der Waals surface area contributed by atoms with E-state index >= 15 is 0 Å². The summed E-state index contributed by atoms with van der Waals surface area (Å²) in [6.45, 7) is 4.93. The molecule has 2 aromatic rings. The molecule has 1 aliphatic heterocycles. The van der Waals surface area contributed by atoms with Crippen LogP contribution >= 0.6 is 0 Å². The Morgan fingerprint density at radius 3 is 2.54 bits per heavy atom. The molecule has 1 saturated heterocycles. The molecular formula is C18H23N5O3. The van der Waals surface area contributed by atoms with Gasteiger partial charge in [0.15, 0.2) is 0 Å². The van der Waals surface area contributed by atoms with Gasteiger partial charge in [-0.3, -0.25) is 10.1 Å². The molecule has 0 saturated carbocycles. The monoisotopic (exact) mass is 357 g/mol. The number of benzene rings is 1. The lowest BCUT2D eigenvalue weighted by molar-refractivity contribution is -0.383. The zero-order chi connectivity index (χ0) is 18.4. The van der Waals surface area contributed by atoms with Crippen LogP contribution in [0, 0.1) is 10.1 Å². The van der Waals surface area contributed by atoms with Crippen LogP contribution in [0.15, 0.2) is 30.6 Å². The molecule has 0 amide bonds. The lowest BCUT2D eigenvalue weighted by Crippen LogP contribution is -2.37. The van der Waals surface area contributed by atoms with Gasteiger partial charge in [-0.2, -0.15) is 0 Å². The normalized spacial score (nSPS) is 14.3. The van der Waals surface area contributed by atoms with Gasteiger partial charge in [0, 0.05) is 19.6 Å². The minimum absolute atomic E-state index is 0.0734. The van der Waals surface area contributed by atoms with Gasteiger partial charge in [0.05, 0.1) is 18.1 Å². The molecule has 0 atom stereocenters. The molecule has 2 heterocycles. The molecule has 138 valence electrons. The fourth-order valence-electron chi connectivity index (χ4n) is 2.94. The van der Waals surface area contributed by atoms with E-state index in [0.717, 1.165) is 12.8 Å². The minimum Gasteiger partial charge on any atom is -0.378 e. The molecule has 3 rings (SSSR count). The van der Waals surface area contributed by atoms with Gasteiger partial charge in [-0.05, 0) is 24.0 Å². The molecule has 0 aliphatic carbocycles. The van der Waals surface area contributed by atoms with E-state index in [1.807, 2.05) is 4.90 Å². The SMILES string of the molecule is CCc1ccc(CCNc2ncnc(N3CCOCC3)c2[N+](=O)[O-])cc1. The summed E-state index contributed by atoms with van der Waals surface area (Å²) in [6, 6.07) is 8.40. The van der Waals surface area contributed by atoms with Crippen LogP contribution in [0.25, 0.3) is 0 Å². The molecule has 0 spiro atoms. The second-order valence-corrected chi connectivity index (χ2v) is 6.10. The van der Waals surface area contributed by atoms with Crippen molar-refractivity contribution in [2.75, 3.05) is 43.1 Å². The summed E-state index contributed by atoms with van der Waals surface area (Å²) < 4.78 is 5.31. The van der Waals surface area contributed by atoms with Crippen molar-refractivity contribution in [3.05, 3.63) is 51.8 Å². The van der Waals surface area contributed by atoms with E-state index in [1.165, 1.54) is 17.5 Å². The van der Waals surface area contributed by atoms with Crippen molar-refractivity contribution < 1.29 is 9.66 Å². The Kier molecular flexibility index (Phi) is 5.96. The fraction of sp³-hybridized carbons (Fsp3) is 0.444. The van der Waals surface area contributed by atoms with E-state index in [4.69, 9.17) is 4.74 Å². The summed E-state index contributed by atoms with van der Waals surface area (Å²) in [6.07, 6.45) is 3.14. The Hall–Kier alpha value is -2.74. The van der Waals surface area contributed by atoms with E-state index in [0.29, 0.717) is 38.7 Å². The maximum atomic E-state index is 11.6. The highest BCUT2D eigenvalue weighted by Crippen LogP contribution is 2.32. The van der Waals surface area contributed by atoms with Gasteiger partial charge in [0.1, 0.15) is 6.33 Å². The van der Waals surface area contributed by atoms with Crippen LogP contribution in [0.2, 0.25) is 0 Å². The second-order valence-electron chi connectivity index (χ2n) is 6.10. The van der Waals surface area contributed by atoms with Crippen molar-refractivity contribution >= 4 is 17.3 Å². The molecule has 1 N–H and O–H groups in total. The zero-order valence-corrected chi connectivity index (χ0v) is 14.9. The van der Waals surface area contributed by atoms with Gasteiger partial charge in [0.2, 0.25) is 11.6 Å². The number of nitrogens with one attached hydrogen (secondary N) is 1. The number of nitro groups is 1. The highest BCUT2D eigenvalue weighted by atomic mass is 16.6. The number of aromatic nitrogens is 2. The van der Waals surface area contributed by atoms with Crippen LogP contribution in [0.3, 0.4) is 0 Å². The summed E-state index contributed by atoms with van der Waals surface area (Å²) >= 11 is 0. The van der Waals surface area contributed by atoms with Crippen molar-refractivity contribution in [3.63, 3.8) is 0 Å². The maximum absolute atomic E-state index is 11.6. The standard InChI is InChI=1S/C18H23N5O3/c1-2-14-3-5-15(6-4-14)7-8-19-17-16(23(24)25)18(21-13-20-17)22-9-11-26-12-10-22/h3-6,13H,2,7-12H2,1H3,(H,19,20,21). The third-order valence-corrected chi connectivity index (χ3v) is 4.43. The summed E-state index contributed by atoms with van der Waals surface area (Å²) in [5, 5.41) is 14.7. The Morgan fingerprint density at radius 2 is 1.88 bits per heavy atom. The van der Waals surface area contributed by atoms with Crippen LogP contribution in [0.4, 0.5) is 17.3 Å². The first-order valence-corrected chi connectivity index (χ1v) is 8.82. The quantitative estimate of drug-likeness (QED) is 0.601. The predicted octanol–water partition coefficient (Wildman–Crippen LogP) is 2.44. The number of ether oxygens (including phenoxy) is 1. The van der Waals surface area contributed by atoms with Crippen LogP contribution in [-0.4, -0.2) is 47.7 Å². The van der Waals surface area contributed by atoms with Crippen molar-refractivity contribution in [1.29, 1.82) is 0 Å². The van der Waals surface area contributed by atoms with Crippen molar-refractivity contribution in [1.82, 2.24) is 9.97 Å². The Bertz CT molecular complexity index is 745. The molecule has 1 aliphatic rings. The van der Waals surface area contributed by atoms with E-state index in [1.54, 1.807) is 0 Å². The number of hydrogen-bond acceptors (Lipinski definition) is 7. The fourth-order valence-corrected chi connectivity index (χ4v) is 2.94. The third kappa shape index (κ3) is 4.26. The first-order chi connectivity index (χ1) is 12.7. The number of hydrogen-bond donors (Lipinski definition) is 1. The lowest BCUT2D eigenvalue weighted by Gasteiger charge is -2.27. The molecule has 8 nitrogen and oxygen atoms in total. The van der Waals surface area contributed by atoms with E-state index in [9.17, 15) is 10.1 Å². The Labute approximate surface area is 152 Å². The molecule has 0 radical (unpaired) electrons. The highest BCUT2D eigenvalue weighted by molar-refractivity contribution is 5.70. The number of morpholine rings is 1. The predicted molar refractivity (Wildman–Crippen MR) is 99.7 cm³/mol. The molecule has 1 aromatic carbocycles. The van der Waals surface area contributed by atoms with Crippen molar-refractivity contribution in [2.45, 2.75) is 19.8 Å². The van der Waals surface area contributed by atoms with Crippen LogP contribution in [0.5, 0.6) is 0 Å². The lowest BCUT2D eigenvalue weighted by atomic mass is 10.1. The molecular weight excluding hydrogens is 334 g/mol. The Morgan fingerprint density at radius 1 is 1.19 bits per heavy atom. The Balaban J connectivity index is 1.71. The maximum Gasteiger partial charge on any atom is 0.353 e. The van der Waals surface area contributed by atoms with Gasteiger partial charge in [0.25, 0.3) is 0 Å². The molecule has 8 heteroatoms. The summed E-state index contributed by atoms with van der Waals surface area (Å²) in [5.74, 6) is 0.611. The van der Waals surface area contributed by atoms with Gasteiger partial charge >= 0.3 is 5.69 Å². The van der Waals surface area contributed by atoms with Crippen LogP contribution < -0.4 is 10.2 Å². The topological polar surface area (TPSA) is 93.4 Å². The molecule has 26 heavy (non-hydrogen) atoms. The van der Waals surface area contributed by atoms with E-state index in [2.05, 4.69) is 46.5 Å². The number of rotatable bonds is 7. The summed E-state index contributed by atoms with van der Waals surface area (Å²) in [7, 11) is 0. The van der Waals surface area contributed by atoms with Crippen LogP contribution in [0.1, 0.15) is 18.1 Å². The average molecular weight is 357 g/mol. The molecule has 1 fully saturated rings. The summed E-state index contributed by atoms with van der Waals surface area (Å²) in [5.41, 5.74) is 2.40. The molecule has 1 aromatic heterocycles. The van der Waals surface area contributed by atoms with Crippen LogP contribution in [-0.2, 0) is 17.6 Å². The first kappa shape index (κ1) is 18.1.